The molecule has 0 radical (unpaired) electrons. The lowest BCUT2D eigenvalue weighted by atomic mass is 10.2. The number of nitrogens with two attached hydrogens (primary N) is 1. The van der Waals surface area contributed by atoms with E-state index < -0.39 is 0 Å². The first-order valence-corrected chi connectivity index (χ1v) is 8.01. The summed E-state index contributed by atoms with van der Waals surface area (Å²) in [5.74, 6) is 0.497. The van der Waals surface area contributed by atoms with Crippen LogP contribution in [-0.4, -0.2) is 37.0 Å². The lowest BCUT2D eigenvalue weighted by Gasteiger charge is -2.20. The van der Waals surface area contributed by atoms with Gasteiger partial charge in [0.05, 0.1) is 0 Å². The first-order valence-electron chi connectivity index (χ1n) is 8.01. The highest BCUT2D eigenvalue weighted by molar-refractivity contribution is 5.92. The molecular weight excluding hydrogens is 260 g/mol. The maximum Gasteiger partial charge on any atom is 0.193 e. The van der Waals surface area contributed by atoms with Gasteiger partial charge < -0.3 is 16.0 Å². The summed E-state index contributed by atoms with van der Waals surface area (Å²) in [6.07, 6.45) is 3.47. The van der Waals surface area contributed by atoms with E-state index in [4.69, 9.17) is 5.73 Å². The minimum Gasteiger partial charge on any atom is -0.370 e. The second kappa shape index (κ2) is 10.2. The van der Waals surface area contributed by atoms with Crippen LogP contribution in [0.4, 0.5) is 5.69 Å². The van der Waals surface area contributed by atoms with Crippen molar-refractivity contribution in [1.82, 2.24) is 4.90 Å². The van der Waals surface area contributed by atoms with Crippen LogP contribution in [0.25, 0.3) is 0 Å². The fourth-order valence-corrected chi connectivity index (χ4v) is 2.29. The third kappa shape index (κ3) is 7.71. The lowest BCUT2D eigenvalue weighted by Crippen LogP contribution is -2.27. The van der Waals surface area contributed by atoms with E-state index in [1.807, 2.05) is 12.1 Å². The number of hydrogen-bond donors (Lipinski definition) is 2. The van der Waals surface area contributed by atoms with Crippen molar-refractivity contribution in [2.24, 2.45) is 10.7 Å². The predicted molar refractivity (Wildman–Crippen MR) is 92.9 cm³/mol. The Kier molecular flexibility index (Phi) is 8.51. The topological polar surface area (TPSA) is 53.6 Å². The second-order valence-corrected chi connectivity index (χ2v) is 5.45. The normalized spacial score (nSPS) is 11.9. The van der Waals surface area contributed by atoms with Crippen LogP contribution in [0.15, 0.2) is 29.3 Å². The molecule has 0 aromatic heterocycles. The first-order chi connectivity index (χ1) is 10.2. The van der Waals surface area contributed by atoms with Crippen LogP contribution in [0.1, 0.15) is 38.7 Å². The summed E-state index contributed by atoms with van der Waals surface area (Å²) in [5.41, 5.74) is 8.13. The van der Waals surface area contributed by atoms with Crippen molar-refractivity contribution in [3.05, 3.63) is 29.8 Å². The minimum absolute atomic E-state index is 0.497. The summed E-state index contributed by atoms with van der Waals surface area (Å²) < 4.78 is 0. The van der Waals surface area contributed by atoms with E-state index in [0.717, 1.165) is 25.2 Å². The van der Waals surface area contributed by atoms with Gasteiger partial charge in [0.15, 0.2) is 5.96 Å². The quantitative estimate of drug-likeness (QED) is 0.417. The fraction of sp³-hybridized carbons (Fsp3) is 0.588. The molecule has 118 valence electrons. The molecule has 0 heterocycles. The SMILES string of the molecule is CCCN(CCC)CCCN=C(N)Nc1ccc(C)cc1. The molecule has 1 rings (SSSR count). The Hall–Kier alpha value is -1.55. The number of rotatable bonds is 9. The Labute approximate surface area is 129 Å². The number of aliphatic imine (C=N–C) groups is 1. The molecule has 1 aromatic carbocycles. The van der Waals surface area contributed by atoms with Crippen molar-refractivity contribution in [1.29, 1.82) is 0 Å². The van der Waals surface area contributed by atoms with Crippen LogP contribution in [0.3, 0.4) is 0 Å². The van der Waals surface area contributed by atoms with E-state index in [9.17, 15) is 0 Å². The monoisotopic (exact) mass is 290 g/mol. The number of anilines is 1. The molecule has 0 saturated heterocycles. The van der Waals surface area contributed by atoms with Crippen molar-refractivity contribution in [2.75, 3.05) is 31.5 Å². The van der Waals surface area contributed by atoms with Gasteiger partial charge in [-0.15, -0.1) is 0 Å². The molecular formula is C17H30N4. The molecule has 0 aliphatic heterocycles. The van der Waals surface area contributed by atoms with E-state index >= 15 is 0 Å². The zero-order chi connectivity index (χ0) is 15.5. The van der Waals surface area contributed by atoms with Crippen LogP contribution in [-0.2, 0) is 0 Å². The highest BCUT2D eigenvalue weighted by Gasteiger charge is 2.01. The van der Waals surface area contributed by atoms with Crippen LogP contribution in [0.2, 0.25) is 0 Å². The fourth-order valence-electron chi connectivity index (χ4n) is 2.29. The van der Waals surface area contributed by atoms with Crippen molar-refractivity contribution in [2.45, 2.75) is 40.0 Å². The summed E-state index contributed by atoms with van der Waals surface area (Å²) in [6, 6.07) is 8.15. The maximum absolute atomic E-state index is 5.90. The molecule has 4 nitrogen and oxygen atoms in total. The molecule has 0 atom stereocenters. The Balaban J connectivity index is 2.30. The molecule has 0 aliphatic carbocycles. The number of guanidine groups is 1. The zero-order valence-electron chi connectivity index (χ0n) is 13.7. The third-order valence-electron chi connectivity index (χ3n) is 3.32. The van der Waals surface area contributed by atoms with Crippen molar-refractivity contribution < 1.29 is 0 Å². The summed E-state index contributed by atoms with van der Waals surface area (Å²) in [5, 5.41) is 3.12. The van der Waals surface area contributed by atoms with Crippen LogP contribution in [0.5, 0.6) is 0 Å². The molecule has 0 spiro atoms. The Morgan fingerprint density at radius 1 is 1.10 bits per heavy atom. The summed E-state index contributed by atoms with van der Waals surface area (Å²) in [6.45, 7) is 10.7. The van der Waals surface area contributed by atoms with Crippen molar-refractivity contribution in [3.63, 3.8) is 0 Å². The van der Waals surface area contributed by atoms with E-state index in [2.05, 4.69) is 48.1 Å². The Morgan fingerprint density at radius 2 is 1.71 bits per heavy atom. The lowest BCUT2D eigenvalue weighted by molar-refractivity contribution is 0.273. The molecule has 0 fully saturated rings. The van der Waals surface area contributed by atoms with Gasteiger partial charge in [0.1, 0.15) is 0 Å². The van der Waals surface area contributed by atoms with Gasteiger partial charge in [0, 0.05) is 12.2 Å². The first kappa shape index (κ1) is 17.5. The molecule has 3 N–H and O–H groups in total. The van der Waals surface area contributed by atoms with Crippen LogP contribution < -0.4 is 11.1 Å². The molecule has 0 amide bonds. The van der Waals surface area contributed by atoms with Crippen LogP contribution >= 0.6 is 0 Å². The zero-order valence-corrected chi connectivity index (χ0v) is 13.7. The Morgan fingerprint density at radius 3 is 2.29 bits per heavy atom. The van der Waals surface area contributed by atoms with Gasteiger partial charge in [-0.05, 0) is 58.0 Å². The average Bonchev–Trinajstić information content (AvgIpc) is 2.46. The van der Waals surface area contributed by atoms with Gasteiger partial charge in [-0.25, -0.2) is 0 Å². The second-order valence-electron chi connectivity index (χ2n) is 5.45. The van der Waals surface area contributed by atoms with Crippen molar-refractivity contribution in [3.8, 4) is 0 Å². The average molecular weight is 290 g/mol. The van der Waals surface area contributed by atoms with Gasteiger partial charge in [0.2, 0.25) is 0 Å². The van der Waals surface area contributed by atoms with E-state index in [-0.39, 0.29) is 0 Å². The molecule has 4 heteroatoms. The van der Waals surface area contributed by atoms with Gasteiger partial charge in [-0.1, -0.05) is 31.5 Å². The molecule has 1 aromatic rings. The summed E-state index contributed by atoms with van der Waals surface area (Å²) >= 11 is 0. The summed E-state index contributed by atoms with van der Waals surface area (Å²) in [7, 11) is 0. The van der Waals surface area contributed by atoms with E-state index in [1.54, 1.807) is 0 Å². The highest BCUT2D eigenvalue weighted by atomic mass is 15.1. The summed E-state index contributed by atoms with van der Waals surface area (Å²) in [4.78, 5) is 6.89. The number of nitrogens with zero attached hydrogens (tertiary/aromatic N) is 2. The van der Waals surface area contributed by atoms with Gasteiger partial charge in [0.25, 0.3) is 0 Å². The predicted octanol–water partition coefficient (Wildman–Crippen LogP) is 3.23. The largest absolute Gasteiger partial charge is 0.370 e. The highest BCUT2D eigenvalue weighted by Crippen LogP contribution is 2.07. The molecule has 0 bridgehead atoms. The molecule has 21 heavy (non-hydrogen) atoms. The standard InChI is InChI=1S/C17H30N4/c1-4-12-21(13-5-2)14-6-11-19-17(18)20-16-9-7-15(3)8-10-16/h7-10H,4-6,11-14H2,1-3H3,(H3,18,19,20). The Bertz CT molecular complexity index is 405. The molecule has 0 unspecified atom stereocenters. The smallest absolute Gasteiger partial charge is 0.193 e. The van der Waals surface area contributed by atoms with Gasteiger partial charge in [-0.3, -0.25) is 4.99 Å². The number of hydrogen-bond acceptors (Lipinski definition) is 2. The van der Waals surface area contributed by atoms with Crippen molar-refractivity contribution >= 4 is 11.6 Å². The van der Waals surface area contributed by atoms with Crippen LogP contribution in [0, 0.1) is 6.92 Å². The van der Waals surface area contributed by atoms with E-state index in [1.165, 1.54) is 31.5 Å². The minimum atomic E-state index is 0.497. The van der Waals surface area contributed by atoms with E-state index in [0.29, 0.717) is 5.96 Å². The molecule has 0 aliphatic rings. The number of nitrogens with one attached hydrogen (secondary N) is 1. The van der Waals surface area contributed by atoms with Gasteiger partial charge in [-0.2, -0.15) is 0 Å². The maximum atomic E-state index is 5.90. The molecule has 0 saturated carbocycles. The third-order valence-corrected chi connectivity index (χ3v) is 3.32. The number of benzene rings is 1. The van der Waals surface area contributed by atoms with Gasteiger partial charge >= 0.3 is 0 Å². The number of aryl methyl sites for hydroxylation is 1.